The van der Waals surface area contributed by atoms with E-state index in [2.05, 4.69) is 31.2 Å². The predicted molar refractivity (Wildman–Crippen MR) is 86.1 cm³/mol. The second-order valence-corrected chi connectivity index (χ2v) is 6.04. The van der Waals surface area contributed by atoms with Crippen LogP contribution in [0.1, 0.15) is 5.69 Å². The van der Waals surface area contributed by atoms with Crippen molar-refractivity contribution in [3.8, 4) is 0 Å². The van der Waals surface area contributed by atoms with E-state index in [1.54, 1.807) is 11.6 Å². The second-order valence-electron chi connectivity index (χ2n) is 4.28. The van der Waals surface area contributed by atoms with Gasteiger partial charge in [-0.25, -0.2) is 0 Å². The van der Waals surface area contributed by atoms with Gasteiger partial charge >= 0.3 is 4.87 Å². The zero-order chi connectivity index (χ0) is 14.1. The fraction of sp³-hybridized carbons (Fsp3) is 0.0769. The molecule has 0 aliphatic carbocycles. The molecule has 1 aromatic carbocycles. The molecule has 2 heterocycles. The molecular formula is C13H11BrN4OS. The lowest BCUT2D eigenvalue weighted by molar-refractivity contribution is 1.06. The summed E-state index contributed by atoms with van der Waals surface area (Å²) in [5.41, 5.74) is 9.20. The number of anilines is 2. The van der Waals surface area contributed by atoms with Gasteiger partial charge in [0.25, 0.3) is 0 Å². The van der Waals surface area contributed by atoms with Gasteiger partial charge in [-0.05, 0) is 34.1 Å². The first kappa shape index (κ1) is 13.1. The maximum absolute atomic E-state index is 11.1. The summed E-state index contributed by atoms with van der Waals surface area (Å²) in [5.74, 6) is 0. The number of thiazole rings is 1. The molecule has 5 nitrogen and oxygen atoms in total. The van der Waals surface area contributed by atoms with E-state index in [0.717, 1.165) is 38.1 Å². The Kier molecular flexibility index (Phi) is 3.45. The molecule has 0 unspecified atom stereocenters. The molecule has 0 spiro atoms. The van der Waals surface area contributed by atoms with E-state index in [1.165, 1.54) is 0 Å². The maximum Gasteiger partial charge on any atom is 0.304 e. The van der Waals surface area contributed by atoms with Gasteiger partial charge in [-0.2, -0.15) is 0 Å². The third kappa shape index (κ3) is 2.54. The molecule has 7 heteroatoms. The molecule has 0 saturated carbocycles. The summed E-state index contributed by atoms with van der Waals surface area (Å²) in [6, 6.07) is 5.67. The van der Waals surface area contributed by atoms with Crippen molar-refractivity contribution in [2.24, 2.45) is 0 Å². The summed E-state index contributed by atoms with van der Waals surface area (Å²) in [6.07, 6.45) is 1.74. The zero-order valence-electron chi connectivity index (χ0n) is 10.3. The molecule has 0 aliphatic heterocycles. The van der Waals surface area contributed by atoms with Crippen LogP contribution >= 0.6 is 27.3 Å². The molecule has 2 aromatic heterocycles. The Morgan fingerprint density at radius 3 is 3.05 bits per heavy atom. The van der Waals surface area contributed by atoms with Crippen LogP contribution in [-0.4, -0.2) is 9.97 Å². The fourth-order valence-corrected chi connectivity index (χ4v) is 2.86. The molecule has 102 valence electrons. The fourth-order valence-electron chi connectivity index (χ4n) is 1.95. The van der Waals surface area contributed by atoms with Crippen molar-refractivity contribution < 1.29 is 0 Å². The first-order chi connectivity index (χ1) is 9.63. The second kappa shape index (κ2) is 5.26. The average Bonchev–Trinajstić information content (AvgIpc) is 2.84. The van der Waals surface area contributed by atoms with Crippen LogP contribution in [0, 0.1) is 0 Å². The van der Waals surface area contributed by atoms with Crippen LogP contribution < -0.4 is 15.9 Å². The van der Waals surface area contributed by atoms with Gasteiger partial charge in [0.15, 0.2) is 0 Å². The number of aromatic nitrogens is 2. The number of aromatic amines is 1. The van der Waals surface area contributed by atoms with E-state index >= 15 is 0 Å². The number of H-pyrrole nitrogens is 1. The maximum atomic E-state index is 11.1. The first-order valence-corrected chi connectivity index (χ1v) is 7.55. The molecular weight excluding hydrogens is 340 g/mol. The number of nitrogens with two attached hydrogens (primary N) is 1. The quantitative estimate of drug-likeness (QED) is 0.634. The zero-order valence-corrected chi connectivity index (χ0v) is 12.7. The van der Waals surface area contributed by atoms with Crippen LogP contribution in [0.2, 0.25) is 0 Å². The molecule has 0 amide bonds. The summed E-state index contributed by atoms with van der Waals surface area (Å²) in [5, 5.41) is 5.96. The molecule has 0 bridgehead atoms. The first-order valence-electron chi connectivity index (χ1n) is 5.88. The van der Waals surface area contributed by atoms with Gasteiger partial charge in [0.1, 0.15) is 0 Å². The van der Waals surface area contributed by atoms with Gasteiger partial charge in [-0.1, -0.05) is 11.3 Å². The number of benzene rings is 1. The number of pyridine rings is 1. The van der Waals surface area contributed by atoms with E-state index < -0.39 is 0 Å². The van der Waals surface area contributed by atoms with Crippen molar-refractivity contribution in [3.63, 3.8) is 0 Å². The number of nitrogens with zero attached hydrogens (tertiary/aromatic N) is 1. The Balaban J connectivity index is 1.95. The highest BCUT2D eigenvalue weighted by atomic mass is 79.9. The molecule has 0 saturated heterocycles. The Hall–Kier alpha value is -1.86. The molecule has 4 N–H and O–H groups in total. The van der Waals surface area contributed by atoms with Crippen molar-refractivity contribution in [2.75, 3.05) is 11.1 Å². The summed E-state index contributed by atoms with van der Waals surface area (Å²) >= 11 is 4.55. The number of nitrogens with one attached hydrogen (secondary N) is 2. The monoisotopic (exact) mass is 350 g/mol. The molecule has 0 radical (unpaired) electrons. The van der Waals surface area contributed by atoms with Crippen LogP contribution in [0.5, 0.6) is 0 Å². The Morgan fingerprint density at radius 1 is 1.45 bits per heavy atom. The van der Waals surface area contributed by atoms with Crippen LogP contribution in [0.25, 0.3) is 10.9 Å². The highest BCUT2D eigenvalue weighted by Gasteiger charge is 2.06. The van der Waals surface area contributed by atoms with Crippen molar-refractivity contribution >= 4 is 49.5 Å². The van der Waals surface area contributed by atoms with Crippen LogP contribution in [0.15, 0.2) is 39.0 Å². The van der Waals surface area contributed by atoms with Gasteiger partial charge in [0.05, 0.1) is 17.7 Å². The number of hydrogen-bond donors (Lipinski definition) is 3. The Bertz CT molecular complexity index is 827. The van der Waals surface area contributed by atoms with Gasteiger partial charge in [-0.3, -0.25) is 9.78 Å². The van der Waals surface area contributed by atoms with Crippen LogP contribution in [-0.2, 0) is 6.54 Å². The van der Waals surface area contributed by atoms with E-state index in [1.807, 2.05) is 18.2 Å². The number of rotatable bonds is 3. The normalized spacial score (nSPS) is 10.8. The number of hydrogen-bond acceptors (Lipinski definition) is 5. The summed E-state index contributed by atoms with van der Waals surface area (Å²) < 4.78 is 0.885. The molecule has 0 fully saturated rings. The summed E-state index contributed by atoms with van der Waals surface area (Å²) in [7, 11) is 0. The van der Waals surface area contributed by atoms with Crippen LogP contribution in [0.3, 0.4) is 0 Å². The smallest absolute Gasteiger partial charge is 0.304 e. The lowest BCUT2D eigenvalue weighted by Crippen LogP contribution is -2.04. The average molecular weight is 351 g/mol. The minimum Gasteiger partial charge on any atom is -0.398 e. The molecule has 0 aliphatic rings. The van der Waals surface area contributed by atoms with E-state index in [-0.39, 0.29) is 4.87 Å². The summed E-state index contributed by atoms with van der Waals surface area (Å²) in [6.45, 7) is 0.537. The SMILES string of the molecule is Nc1ccc(NCc2csc(=O)[nH]2)c2ncc(Br)cc12. The van der Waals surface area contributed by atoms with Gasteiger partial charge < -0.3 is 16.0 Å². The lowest BCUT2D eigenvalue weighted by Gasteiger charge is -2.10. The van der Waals surface area contributed by atoms with E-state index in [4.69, 9.17) is 5.73 Å². The van der Waals surface area contributed by atoms with Crippen LogP contribution in [0.4, 0.5) is 11.4 Å². The number of nitrogen functional groups attached to an aromatic ring is 1. The van der Waals surface area contributed by atoms with Crippen molar-refractivity contribution in [3.05, 3.63) is 49.6 Å². The number of halogens is 1. The van der Waals surface area contributed by atoms with Gasteiger partial charge in [0.2, 0.25) is 0 Å². The van der Waals surface area contributed by atoms with Gasteiger partial charge in [-0.15, -0.1) is 0 Å². The van der Waals surface area contributed by atoms with E-state index in [9.17, 15) is 4.79 Å². The van der Waals surface area contributed by atoms with E-state index in [0.29, 0.717) is 12.2 Å². The Labute approximate surface area is 127 Å². The molecule has 3 aromatic rings. The minimum atomic E-state index is -0.0500. The molecule has 20 heavy (non-hydrogen) atoms. The van der Waals surface area contributed by atoms with Crippen molar-refractivity contribution in [1.82, 2.24) is 9.97 Å². The third-order valence-corrected chi connectivity index (χ3v) is 4.04. The summed E-state index contributed by atoms with van der Waals surface area (Å²) in [4.78, 5) is 18.2. The highest BCUT2D eigenvalue weighted by Crippen LogP contribution is 2.29. The largest absolute Gasteiger partial charge is 0.398 e. The molecule has 0 atom stereocenters. The van der Waals surface area contributed by atoms with Crippen molar-refractivity contribution in [2.45, 2.75) is 6.54 Å². The Morgan fingerprint density at radius 2 is 2.30 bits per heavy atom. The topological polar surface area (TPSA) is 83.8 Å². The third-order valence-electron chi connectivity index (χ3n) is 2.89. The lowest BCUT2D eigenvalue weighted by atomic mass is 10.1. The number of fused-ring (bicyclic) bond motifs is 1. The highest BCUT2D eigenvalue weighted by molar-refractivity contribution is 9.10. The van der Waals surface area contributed by atoms with Crippen molar-refractivity contribution in [1.29, 1.82) is 0 Å². The molecule has 3 rings (SSSR count). The predicted octanol–water partition coefficient (Wildman–Crippen LogP) is 2.94. The minimum absolute atomic E-state index is 0.0500. The van der Waals surface area contributed by atoms with Gasteiger partial charge in [0, 0.05) is 32.8 Å². The standard InChI is InChI=1S/C13H11BrN4OS/c14-7-3-9-10(15)1-2-11(12(9)17-4-7)16-5-8-6-20-13(19)18-8/h1-4,6,16H,5,15H2,(H,18,19).